The van der Waals surface area contributed by atoms with Gasteiger partial charge >= 0.3 is 0 Å². The van der Waals surface area contributed by atoms with Crippen molar-refractivity contribution in [2.24, 2.45) is 11.7 Å². The Bertz CT molecular complexity index is 470. The van der Waals surface area contributed by atoms with Crippen molar-refractivity contribution in [2.45, 2.75) is 6.92 Å². The lowest BCUT2D eigenvalue weighted by Crippen LogP contribution is -2.25. The highest BCUT2D eigenvalue weighted by molar-refractivity contribution is 6.02. The summed E-state index contributed by atoms with van der Waals surface area (Å²) in [6, 6.07) is 4.99. The van der Waals surface area contributed by atoms with E-state index in [2.05, 4.69) is 0 Å². The predicted octanol–water partition coefficient (Wildman–Crippen LogP) is 0.762. The molecule has 1 aliphatic rings. The van der Waals surface area contributed by atoms with Crippen molar-refractivity contribution >= 4 is 11.7 Å². The van der Waals surface area contributed by atoms with Crippen LogP contribution >= 0.6 is 0 Å². The summed E-state index contributed by atoms with van der Waals surface area (Å²) in [7, 11) is 0. The van der Waals surface area contributed by atoms with Crippen LogP contribution in [-0.4, -0.2) is 24.9 Å². The van der Waals surface area contributed by atoms with E-state index in [4.69, 9.17) is 15.2 Å². The largest absolute Gasteiger partial charge is 0.493 e. The number of hydrogen-bond donors (Lipinski definition) is 1. The second kappa shape index (κ2) is 4.45. The number of fused-ring (bicyclic) bond motifs is 1. The molecule has 0 spiro atoms. The fourth-order valence-electron chi connectivity index (χ4n) is 1.47. The molecule has 1 heterocycles. The van der Waals surface area contributed by atoms with Gasteiger partial charge in [0.25, 0.3) is 0 Å². The number of amides is 1. The van der Waals surface area contributed by atoms with Crippen LogP contribution in [0.15, 0.2) is 18.2 Å². The van der Waals surface area contributed by atoms with Crippen LogP contribution in [-0.2, 0) is 4.79 Å². The molecular weight excluding hydrogens is 222 g/mol. The molecule has 0 fully saturated rings. The standard InChI is InChI=1S/C12H13NO4/c1-7(12(13)15)5-16-8-2-3-9-10(14)6-17-11(9)4-8/h2-4,7H,5-6H2,1H3,(H2,13,15). The molecule has 0 radical (unpaired) electrons. The summed E-state index contributed by atoms with van der Waals surface area (Å²) in [6.07, 6.45) is 0. The molecule has 1 aliphatic heterocycles. The van der Waals surface area contributed by atoms with Gasteiger partial charge in [0.1, 0.15) is 11.5 Å². The Morgan fingerprint density at radius 3 is 3.06 bits per heavy atom. The molecule has 0 bridgehead atoms. The zero-order valence-corrected chi connectivity index (χ0v) is 9.43. The summed E-state index contributed by atoms with van der Waals surface area (Å²) in [6.45, 7) is 1.98. The third kappa shape index (κ3) is 2.38. The average Bonchev–Trinajstić information content (AvgIpc) is 2.67. The smallest absolute Gasteiger partial charge is 0.223 e. The Balaban J connectivity index is 2.04. The van der Waals surface area contributed by atoms with Gasteiger partial charge in [-0.05, 0) is 12.1 Å². The fraction of sp³-hybridized carbons (Fsp3) is 0.333. The zero-order valence-electron chi connectivity index (χ0n) is 9.43. The molecular formula is C12H13NO4. The lowest BCUT2D eigenvalue weighted by atomic mass is 10.1. The summed E-state index contributed by atoms with van der Waals surface area (Å²) < 4.78 is 10.6. The van der Waals surface area contributed by atoms with E-state index in [0.29, 0.717) is 17.1 Å². The highest BCUT2D eigenvalue weighted by atomic mass is 16.5. The SMILES string of the molecule is CC(COc1ccc2c(c1)OCC2=O)C(N)=O. The van der Waals surface area contributed by atoms with E-state index in [9.17, 15) is 9.59 Å². The van der Waals surface area contributed by atoms with Crippen LogP contribution in [0.1, 0.15) is 17.3 Å². The molecule has 5 nitrogen and oxygen atoms in total. The van der Waals surface area contributed by atoms with Crippen LogP contribution in [0.2, 0.25) is 0 Å². The van der Waals surface area contributed by atoms with Crippen molar-refractivity contribution in [3.8, 4) is 11.5 Å². The van der Waals surface area contributed by atoms with E-state index >= 15 is 0 Å². The van der Waals surface area contributed by atoms with Crippen molar-refractivity contribution in [2.75, 3.05) is 13.2 Å². The molecule has 90 valence electrons. The van der Waals surface area contributed by atoms with E-state index in [1.54, 1.807) is 25.1 Å². The average molecular weight is 235 g/mol. The van der Waals surface area contributed by atoms with Crippen molar-refractivity contribution in [3.05, 3.63) is 23.8 Å². The Labute approximate surface area is 98.5 Å². The van der Waals surface area contributed by atoms with Crippen LogP contribution in [0.4, 0.5) is 0 Å². The summed E-state index contributed by atoms with van der Waals surface area (Å²) >= 11 is 0. The normalized spacial score (nSPS) is 15.0. The van der Waals surface area contributed by atoms with Crippen molar-refractivity contribution in [1.29, 1.82) is 0 Å². The van der Waals surface area contributed by atoms with Crippen molar-refractivity contribution in [1.82, 2.24) is 0 Å². The summed E-state index contributed by atoms with van der Waals surface area (Å²) in [4.78, 5) is 22.1. The second-order valence-corrected chi connectivity index (χ2v) is 3.98. The number of primary amides is 1. The van der Waals surface area contributed by atoms with Gasteiger partial charge in [-0.15, -0.1) is 0 Å². The fourth-order valence-corrected chi connectivity index (χ4v) is 1.47. The Morgan fingerprint density at radius 1 is 1.59 bits per heavy atom. The topological polar surface area (TPSA) is 78.6 Å². The summed E-state index contributed by atoms with van der Waals surface area (Å²) in [5.74, 6) is 0.297. The Morgan fingerprint density at radius 2 is 2.35 bits per heavy atom. The van der Waals surface area contributed by atoms with E-state index in [-0.39, 0.29) is 24.9 Å². The van der Waals surface area contributed by atoms with Gasteiger partial charge in [-0.1, -0.05) is 6.92 Å². The van der Waals surface area contributed by atoms with Gasteiger partial charge in [0.2, 0.25) is 11.7 Å². The lowest BCUT2D eigenvalue weighted by molar-refractivity contribution is -0.122. The Kier molecular flexibility index (Phi) is 2.99. The first-order chi connectivity index (χ1) is 8.08. The molecule has 1 aromatic rings. The molecule has 0 saturated carbocycles. The molecule has 1 atom stereocenters. The maximum Gasteiger partial charge on any atom is 0.223 e. The monoisotopic (exact) mass is 235 g/mol. The van der Waals surface area contributed by atoms with E-state index < -0.39 is 5.91 Å². The molecule has 0 saturated heterocycles. The molecule has 1 unspecified atom stereocenters. The molecule has 0 aliphatic carbocycles. The van der Waals surface area contributed by atoms with E-state index in [1.807, 2.05) is 0 Å². The molecule has 2 rings (SSSR count). The van der Waals surface area contributed by atoms with Crippen molar-refractivity contribution in [3.63, 3.8) is 0 Å². The van der Waals surface area contributed by atoms with Gasteiger partial charge in [0.15, 0.2) is 6.61 Å². The third-order valence-corrected chi connectivity index (χ3v) is 2.60. The van der Waals surface area contributed by atoms with Crippen LogP contribution in [0.5, 0.6) is 11.5 Å². The number of rotatable bonds is 4. The summed E-state index contributed by atoms with van der Waals surface area (Å²) in [5.41, 5.74) is 5.69. The zero-order chi connectivity index (χ0) is 12.4. The number of carbonyl (C=O) groups is 2. The predicted molar refractivity (Wildman–Crippen MR) is 60.1 cm³/mol. The minimum Gasteiger partial charge on any atom is -0.493 e. The molecule has 17 heavy (non-hydrogen) atoms. The van der Waals surface area contributed by atoms with E-state index in [0.717, 1.165) is 0 Å². The first-order valence-electron chi connectivity index (χ1n) is 5.30. The molecule has 2 N–H and O–H groups in total. The maximum absolute atomic E-state index is 11.3. The highest BCUT2D eigenvalue weighted by Gasteiger charge is 2.21. The van der Waals surface area contributed by atoms with Gasteiger partial charge in [-0.2, -0.15) is 0 Å². The number of ketones is 1. The van der Waals surface area contributed by atoms with Gasteiger partial charge < -0.3 is 15.2 Å². The maximum atomic E-state index is 11.3. The number of Topliss-reactive ketones (excluding diaryl/α,β-unsaturated/α-hetero) is 1. The van der Waals surface area contributed by atoms with E-state index in [1.165, 1.54) is 0 Å². The van der Waals surface area contributed by atoms with Crippen LogP contribution in [0, 0.1) is 5.92 Å². The van der Waals surface area contributed by atoms with Gasteiger partial charge in [-0.3, -0.25) is 9.59 Å². The number of carbonyl (C=O) groups excluding carboxylic acids is 2. The van der Waals surface area contributed by atoms with Crippen LogP contribution in [0.3, 0.4) is 0 Å². The molecule has 1 amide bonds. The third-order valence-electron chi connectivity index (χ3n) is 2.60. The first-order valence-corrected chi connectivity index (χ1v) is 5.30. The molecule has 1 aromatic carbocycles. The molecule has 0 aromatic heterocycles. The highest BCUT2D eigenvalue weighted by Crippen LogP contribution is 2.29. The van der Waals surface area contributed by atoms with Crippen LogP contribution < -0.4 is 15.2 Å². The molecule has 5 heteroatoms. The number of hydrogen-bond acceptors (Lipinski definition) is 4. The minimum absolute atomic E-state index is 0.0305. The van der Waals surface area contributed by atoms with Gasteiger partial charge in [-0.25, -0.2) is 0 Å². The second-order valence-electron chi connectivity index (χ2n) is 3.98. The number of nitrogens with two attached hydrogens (primary N) is 1. The van der Waals surface area contributed by atoms with Crippen molar-refractivity contribution < 1.29 is 19.1 Å². The minimum atomic E-state index is -0.405. The number of ether oxygens (including phenoxy) is 2. The van der Waals surface area contributed by atoms with Gasteiger partial charge in [0, 0.05) is 6.07 Å². The van der Waals surface area contributed by atoms with Crippen LogP contribution in [0.25, 0.3) is 0 Å². The quantitative estimate of drug-likeness (QED) is 0.835. The van der Waals surface area contributed by atoms with Gasteiger partial charge in [0.05, 0.1) is 18.1 Å². The lowest BCUT2D eigenvalue weighted by Gasteiger charge is -2.10. The first kappa shape index (κ1) is 11.4. The summed E-state index contributed by atoms with van der Waals surface area (Å²) in [5, 5.41) is 0. The Hall–Kier alpha value is -2.04. The number of benzene rings is 1.